The molecule has 1 aliphatic rings. The van der Waals surface area contributed by atoms with Crippen LogP contribution < -0.4 is 4.90 Å². The van der Waals surface area contributed by atoms with Crippen molar-refractivity contribution in [1.29, 1.82) is 0 Å². The number of amides is 1. The molecule has 1 aliphatic heterocycles. The SMILES string of the molecule is C[NH+](CC(=O)N1CCS[C@H]1c1ccccc1Cl)Cc1cccc(Cl)c1. The van der Waals surface area contributed by atoms with Gasteiger partial charge in [-0.25, -0.2) is 0 Å². The van der Waals surface area contributed by atoms with E-state index in [1.807, 2.05) is 60.5 Å². The van der Waals surface area contributed by atoms with Gasteiger partial charge in [-0.3, -0.25) is 4.79 Å². The number of hydrogen-bond acceptors (Lipinski definition) is 2. The summed E-state index contributed by atoms with van der Waals surface area (Å²) in [4.78, 5) is 15.9. The summed E-state index contributed by atoms with van der Waals surface area (Å²) in [5, 5.41) is 1.46. The Morgan fingerprint density at radius 3 is 2.80 bits per heavy atom. The maximum absolute atomic E-state index is 12.8. The number of thioether (sulfide) groups is 1. The van der Waals surface area contributed by atoms with Gasteiger partial charge in [0.25, 0.3) is 5.91 Å². The average molecular weight is 396 g/mol. The van der Waals surface area contributed by atoms with Gasteiger partial charge in [-0.1, -0.05) is 53.5 Å². The lowest BCUT2D eigenvalue weighted by Crippen LogP contribution is -3.08. The van der Waals surface area contributed by atoms with Crippen LogP contribution in [0.2, 0.25) is 10.0 Å². The minimum absolute atomic E-state index is 0.0140. The zero-order chi connectivity index (χ0) is 17.8. The molecule has 1 fully saturated rings. The predicted molar refractivity (Wildman–Crippen MR) is 105 cm³/mol. The number of rotatable bonds is 5. The van der Waals surface area contributed by atoms with E-state index in [0.29, 0.717) is 6.54 Å². The van der Waals surface area contributed by atoms with Gasteiger partial charge in [-0.15, -0.1) is 11.8 Å². The van der Waals surface area contributed by atoms with Crippen molar-refractivity contribution >= 4 is 40.9 Å². The zero-order valence-electron chi connectivity index (χ0n) is 14.0. The smallest absolute Gasteiger partial charge is 0.278 e. The molecule has 1 unspecified atom stereocenters. The van der Waals surface area contributed by atoms with Crippen molar-refractivity contribution in [3.8, 4) is 0 Å². The third-order valence-electron chi connectivity index (χ3n) is 4.23. The first kappa shape index (κ1) is 18.6. The van der Waals surface area contributed by atoms with Gasteiger partial charge in [-0.05, 0) is 18.2 Å². The highest BCUT2D eigenvalue weighted by Gasteiger charge is 2.33. The van der Waals surface area contributed by atoms with Gasteiger partial charge in [0.2, 0.25) is 0 Å². The first-order valence-corrected chi connectivity index (χ1v) is 10.1. The summed E-state index contributed by atoms with van der Waals surface area (Å²) in [7, 11) is 2.03. The van der Waals surface area contributed by atoms with Crippen LogP contribution in [0.3, 0.4) is 0 Å². The number of carbonyl (C=O) groups is 1. The van der Waals surface area contributed by atoms with Crippen LogP contribution >= 0.6 is 35.0 Å². The standard InChI is InChI=1S/C19H20Cl2N2OS/c1-22(12-14-5-4-6-15(20)11-14)13-18(24)23-9-10-25-19(23)16-7-2-3-8-17(16)21/h2-8,11,19H,9-10,12-13H2,1H3/p+1/t19-/m0/s1. The second kappa shape index (κ2) is 8.45. The van der Waals surface area contributed by atoms with E-state index in [0.717, 1.165) is 44.9 Å². The molecule has 6 heteroatoms. The second-order valence-corrected chi connectivity index (χ2v) is 8.30. The van der Waals surface area contributed by atoms with Gasteiger partial charge >= 0.3 is 0 Å². The number of quaternary nitrogens is 1. The molecule has 1 amide bonds. The highest BCUT2D eigenvalue weighted by Crippen LogP contribution is 2.40. The molecule has 2 aromatic rings. The third kappa shape index (κ3) is 4.70. The van der Waals surface area contributed by atoms with Crippen molar-refractivity contribution in [2.45, 2.75) is 11.9 Å². The van der Waals surface area contributed by atoms with Crippen LogP contribution in [0, 0.1) is 0 Å². The molecular weight excluding hydrogens is 375 g/mol. The highest BCUT2D eigenvalue weighted by molar-refractivity contribution is 7.99. The van der Waals surface area contributed by atoms with Crippen LogP contribution in [-0.2, 0) is 11.3 Å². The molecule has 1 saturated heterocycles. The Balaban J connectivity index is 1.65. The summed E-state index contributed by atoms with van der Waals surface area (Å²) >= 11 is 14.1. The molecule has 1 N–H and O–H groups in total. The fourth-order valence-electron chi connectivity index (χ4n) is 3.08. The number of halogens is 2. The Morgan fingerprint density at radius 1 is 1.24 bits per heavy atom. The largest absolute Gasteiger partial charge is 0.326 e. The van der Waals surface area contributed by atoms with Crippen molar-refractivity contribution < 1.29 is 9.69 Å². The fraction of sp³-hybridized carbons (Fsp3) is 0.316. The minimum Gasteiger partial charge on any atom is -0.326 e. The molecular formula is C19H21Cl2N2OS+. The third-order valence-corrected chi connectivity index (χ3v) is 6.05. The maximum atomic E-state index is 12.8. The molecule has 0 aromatic heterocycles. The number of nitrogens with zero attached hydrogens (tertiary/aromatic N) is 1. The molecule has 25 heavy (non-hydrogen) atoms. The Morgan fingerprint density at radius 2 is 2.04 bits per heavy atom. The minimum atomic E-state index is 0.0140. The Bertz CT molecular complexity index is 756. The molecule has 3 nitrogen and oxygen atoms in total. The van der Waals surface area contributed by atoms with Gasteiger partial charge in [0, 0.05) is 33.5 Å². The molecule has 1 heterocycles. The van der Waals surface area contributed by atoms with E-state index in [4.69, 9.17) is 23.2 Å². The second-order valence-electron chi connectivity index (χ2n) is 6.27. The quantitative estimate of drug-likeness (QED) is 0.839. The zero-order valence-corrected chi connectivity index (χ0v) is 16.4. The average Bonchev–Trinajstić information content (AvgIpc) is 3.04. The highest BCUT2D eigenvalue weighted by atomic mass is 35.5. The van der Waals surface area contributed by atoms with Crippen LogP contribution in [0.25, 0.3) is 0 Å². The van der Waals surface area contributed by atoms with Gasteiger partial charge in [0.05, 0.1) is 7.05 Å². The summed E-state index contributed by atoms with van der Waals surface area (Å²) in [5.74, 6) is 1.10. The molecule has 0 bridgehead atoms. The van der Waals surface area contributed by atoms with E-state index >= 15 is 0 Å². The molecule has 0 aliphatic carbocycles. The first-order valence-electron chi connectivity index (χ1n) is 8.26. The van der Waals surface area contributed by atoms with Crippen molar-refractivity contribution in [3.63, 3.8) is 0 Å². The summed E-state index contributed by atoms with van der Waals surface area (Å²) in [5.41, 5.74) is 2.16. The van der Waals surface area contributed by atoms with Gasteiger partial charge in [0.15, 0.2) is 6.54 Å². The molecule has 0 radical (unpaired) electrons. The number of hydrogen-bond donors (Lipinski definition) is 1. The van der Waals surface area contributed by atoms with E-state index in [1.54, 1.807) is 11.8 Å². The maximum Gasteiger partial charge on any atom is 0.278 e. The van der Waals surface area contributed by atoms with Crippen molar-refractivity contribution in [2.24, 2.45) is 0 Å². The summed E-state index contributed by atoms with van der Waals surface area (Å²) in [6, 6.07) is 15.6. The van der Waals surface area contributed by atoms with Crippen LogP contribution in [0.1, 0.15) is 16.5 Å². The molecule has 2 aromatic carbocycles. The van der Waals surface area contributed by atoms with E-state index in [1.165, 1.54) is 0 Å². The van der Waals surface area contributed by atoms with E-state index in [2.05, 4.69) is 0 Å². The van der Waals surface area contributed by atoms with Crippen LogP contribution in [-0.4, -0.2) is 36.7 Å². The van der Waals surface area contributed by atoms with E-state index in [-0.39, 0.29) is 11.3 Å². The topological polar surface area (TPSA) is 24.8 Å². The van der Waals surface area contributed by atoms with Crippen LogP contribution in [0.4, 0.5) is 0 Å². The van der Waals surface area contributed by atoms with E-state index < -0.39 is 0 Å². The van der Waals surface area contributed by atoms with Crippen molar-refractivity contribution in [3.05, 3.63) is 69.7 Å². The van der Waals surface area contributed by atoms with Gasteiger partial charge < -0.3 is 9.80 Å². The van der Waals surface area contributed by atoms with Crippen molar-refractivity contribution in [2.75, 3.05) is 25.9 Å². The Labute approximate surface area is 162 Å². The fourth-order valence-corrected chi connectivity index (χ4v) is 4.91. The number of nitrogens with one attached hydrogen (secondary N) is 1. The molecule has 0 saturated carbocycles. The molecule has 2 atom stereocenters. The van der Waals surface area contributed by atoms with E-state index in [9.17, 15) is 4.79 Å². The van der Waals surface area contributed by atoms with Crippen LogP contribution in [0.5, 0.6) is 0 Å². The monoisotopic (exact) mass is 395 g/mol. The number of benzene rings is 2. The van der Waals surface area contributed by atoms with Crippen molar-refractivity contribution in [1.82, 2.24) is 4.90 Å². The predicted octanol–water partition coefficient (Wildman–Crippen LogP) is 3.28. The summed E-state index contributed by atoms with van der Waals surface area (Å²) in [6.45, 7) is 1.99. The number of carbonyl (C=O) groups excluding carboxylic acids is 1. The van der Waals surface area contributed by atoms with Gasteiger partial charge in [-0.2, -0.15) is 0 Å². The molecule has 0 spiro atoms. The van der Waals surface area contributed by atoms with Gasteiger partial charge in [0.1, 0.15) is 11.9 Å². The normalized spacial score (nSPS) is 18.4. The Hall–Kier alpha value is -1.20. The first-order chi connectivity index (χ1) is 12.0. The molecule has 3 rings (SSSR count). The Kier molecular flexibility index (Phi) is 6.29. The molecule has 132 valence electrons. The summed E-state index contributed by atoms with van der Waals surface area (Å²) < 4.78 is 0. The summed E-state index contributed by atoms with van der Waals surface area (Å²) in [6.07, 6.45) is 0. The number of likely N-dealkylation sites (N-methyl/N-ethyl adjacent to an activating group) is 1. The lowest BCUT2D eigenvalue weighted by atomic mass is 10.2. The lowest BCUT2D eigenvalue weighted by molar-refractivity contribution is -0.885. The lowest BCUT2D eigenvalue weighted by Gasteiger charge is -2.26. The van der Waals surface area contributed by atoms with Crippen LogP contribution in [0.15, 0.2) is 48.5 Å².